The van der Waals surface area contributed by atoms with Gasteiger partial charge in [0.25, 0.3) is 0 Å². The van der Waals surface area contributed by atoms with Gasteiger partial charge in [0.05, 0.1) is 5.52 Å². The van der Waals surface area contributed by atoms with Gasteiger partial charge in [0.15, 0.2) is 5.65 Å². The van der Waals surface area contributed by atoms with E-state index in [9.17, 15) is 0 Å². The third-order valence-corrected chi connectivity index (χ3v) is 3.96. The zero-order chi connectivity index (χ0) is 13.5. The smallest absolute Gasteiger partial charge is 0.178 e. The molecular formula is C16H16N4. The average Bonchev–Trinajstić information content (AvgIpc) is 2.91. The van der Waals surface area contributed by atoms with Crippen LogP contribution in [0.2, 0.25) is 0 Å². The molecule has 0 amide bonds. The summed E-state index contributed by atoms with van der Waals surface area (Å²) in [6, 6.07) is 10.5. The first-order valence-corrected chi connectivity index (χ1v) is 6.96. The molecule has 1 aliphatic rings. The van der Waals surface area contributed by atoms with Crippen LogP contribution in [0.5, 0.6) is 0 Å². The Morgan fingerprint density at radius 3 is 3.10 bits per heavy atom. The third kappa shape index (κ3) is 1.76. The van der Waals surface area contributed by atoms with Crippen LogP contribution in [-0.2, 0) is 6.42 Å². The number of aromatic nitrogens is 3. The molecule has 1 N–H and O–H groups in total. The minimum absolute atomic E-state index is 0.775. The van der Waals surface area contributed by atoms with Crippen molar-refractivity contribution in [3.63, 3.8) is 0 Å². The Kier molecular flexibility index (Phi) is 2.49. The Bertz CT molecular complexity index is 742. The fraction of sp³-hybridized carbons (Fsp3) is 0.250. The maximum atomic E-state index is 4.57. The summed E-state index contributed by atoms with van der Waals surface area (Å²) in [6.07, 6.45) is 4.13. The van der Waals surface area contributed by atoms with E-state index in [1.165, 1.54) is 17.7 Å². The number of rotatable bonds is 1. The summed E-state index contributed by atoms with van der Waals surface area (Å²) < 4.78 is 0. The Hall–Kier alpha value is -2.36. The molecule has 4 rings (SSSR count). The van der Waals surface area contributed by atoms with Crippen molar-refractivity contribution in [2.24, 2.45) is 0 Å². The summed E-state index contributed by atoms with van der Waals surface area (Å²) in [5.41, 5.74) is 5.64. The van der Waals surface area contributed by atoms with Crippen molar-refractivity contribution in [1.82, 2.24) is 15.0 Å². The van der Waals surface area contributed by atoms with E-state index in [-0.39, 0.29) is 0 Å². The summed E-state index contributed by atoms with van der Waals surface area (Å²) in [6.45, 7) is 1.14. The molecule has 3 aromatic rings. The van der Waals surface area contributed by atoms with Crippen LogP contribution in [0.15, 0.2) is 36.5 Å². The third-order valence-electron chi connectivity index (χ3n) is 3.96. The molecule has 1 aliphatic heterocycles. The molecule has 4 heteroatoms. The molecule has 20 heavy (non-hydrogen) atoms. The van der Waals surface area contributed by atoms with E-state index in [1.807, 2.05) is 12.1 Å². The molecule has 4 nitrogen and oxygen atoms in total. The standard InChI is InChI=1S/C16H16N4/c1-20-9-3-4-11-10-12(6-7-14(11)20)15-18-13-5-2-8-17-16(13)19-15/h2,5-8,10H,3-4,9H2,1H3,(H,17,18,19). The number of benzene rings is 1. The number of aryl methyl sites for hydroxylation is 1. The molecule has 0 aliphatic carbocycles. The molecule has 0 saturated heterocycles. The van der Waals surface area contributed by atoms with E-state index in [0.29, 0.717) is 0 Å². The molecule has 0 unspecified atom stereocenters. The summed E-state index contributed by atoms with van der Waals surface area (Å²) in [5.74, 6) is 0.898. The van der Waals surface area contributed by atoms with Crippen LogP contribution in [0.1, 0.15) is 12.0 Å². The van der Waals surface area contributed by atoms with Crippen molar-refractivity contribution < 1.29 is 0 Å². The highest BCUT2D eigenvalue weighted by Gasteiger charge is 2.15. The summed E-state index contributed by atoms with van der Waals surface area (Å²) in [5, 5.41) is 0. The number of nitrogens with zero attached hydrogens (tertiary/aromatic N) is 3. The highest BCUT2D eigenvalue weighted by atomic mass is 15.1. The number of hydrogen-bond donors (Lipinski definition) is 1. The van der Waals surface area contributed by atoms with Crippen LogP contribution in [0.4, 0.5) is 5.69 Å². The molecule has 0 atom stereocenters. The number of H-pyrrole nitrogens is 1. The number of pyridine rings is 1. The zero-order valence-corrected chi connectivity index (χ0v) is 11.4. The van der Waals surface area contributed by atoms with E-state index in [2.05, 4.69) is 45.1 Å². The Balaban J connectivity index is 1.82. The SMILES string of the molecule is CN1CCCc2cc(-c3nc4ncccc4[nH]3)ccc21. The van der Waals surface area contributed by atoms with E-state index in [1.54, 1.807) is 6.20 Å². The maximum Gasteiger partial charge on any atom is 0.178 e. The Morgan fingerprint density at radius 1 is 1.25 bits per heavy atom. The van der Waals surface area contributed by atoms with Gasteiger partial charge in [-0.1, -0.05) is 0 Å². The normalized spacial score (nSPS) is 14.6. The Morgan fingerprint density at radius 2 is 2.20 bits per heavy atom. The number of nitrogens with one attached hydrogen (secondary N) is 1. The van der Waals surface area contributed by atoms with Gasteiger partial charge in [-0.2, -0.15) is 0 Å². The molecule has 0 fully saturated rings. The number of anilines is 1. The summed E-state index contributed by atoms with van der Waals surface area (Å²) >= 11 is 0. The summed E-state index contributed by atoms with van der Waals surface area (Å²) in [4.78, 5) is 14.5. The van der Waals surface area contributed by atoms with Gasteiger partial charge in [0.1, 0.15) is 5.82 Å². The van der Waals surface area contributed by atoms with Crippen molar-refractivity contribution in [1.29, 1.82) is 0 Å². The van der Waals surface area contributed by atoms with Gasteiger partial charge >= 0.3 is 0 Å². The van der Waals surface area contributed by atoms with Crippen LogP contribution >= 0.6 is 0 Å². The summed E-state index contributed by atoms with van der Waals surface area (Å²) in [7, 11) is 2.16. The topological polar surface area (TPSA) is 44.8 Å². The second-order valence-corrected chi connectivity index (χ2v) is 5.33. The highest BCUT2D eigenvalue weighted by Crippen LogP contribution is 2.30. The van der Waals surface area contributed by atoms with Crippen molar-refractivity contribution in [3.8, 4) is 11.4 Å². The molecule has 1 aromatic carbocycles. The molecule has 0 radical (unpaired) electrons. The predicted molar refractivity (Wildman–Crippen MR) is 80.9 cm³/mol. The fourth-order valence-corrected chi connectivity index (χ4v) is 2.91. The van der Waals surface area contributed by atoms with E-state index in [4.69, 9.17) is 0 Å². The first-order chi connectivity index (χ1) is 9.81. The van der Waals surface area contributed by atoms with E-state index in [0.717, 1.165) is 35.5 Å². The quantitative estimate of drug-likeness (QED) is 0.735. The molecule has 0 spiro atoms. The lowest BCUT2D eigenvalue weighted by atomic mass is 9.99. The molecule has 2 aromatic heterocycles. The lowest BCUT2D eigenvalue weighted by Gasteiger charge is -2.27. The number of fused-ring (bicyclic) bond motifs is 2. The first kappa shape index (κ1) is 11.5. The van der Waals surface area contributed by atoms with Gasteiger partial charge < -0.3 is 9.88 Å². The van der Waals surface area contributed by atoms with Gasteiger partial charge in [-0.3, -0.25) is 0 Å². The van der Waals surface area contributed by atoms with Gasteiger partial charge in [-0.15, -0.1) is 0 Å². The van der Waals surface area contributed by atoms with E-state index >= 15 is 0 Å². The van der Waals surface area contributed by atoms with Crippen LogP contribution in [0, 0.1) is 0 Å². The number of hydrogen-bond acceptors (Lipinski definition) is 3. The number of aromatic amines is 1. The molecule has 3 heterocycles. The highest BCUT2D eigenvalue weighted by molar-refractivity contribution is 5.76. The molecule has 0 bridgehead atoms. The molecular weight excluding hydrogens is 248 g/mol. The monoisotopic (exact) mass is 264 g/mol. The van der Waals surface area contributed by atoms with Crippen LogP contribution in [-0.4, -0.2) is 28.5 Å². The average molecular weight is 264 g/mol. The van der Waals surface area contributed by atoms with Gasteiger partial charge in [0, 0.05) is 31.0 Å². The second kappa shape index (κ2) is 4.34. The van der Waals surface area contributed by atoms with Gasteiger partial charge in [-0.25, -0.2) is 9.97 Å². The van der Waals surface area contributed by atoms with E-state index < -0.39 is 0 Å². The van der Waals surface area contributed by atoms with Crippen LogP contribution < -0.4 is 4.90 Å². The van der Waals surface area contributed by atoms with Crippen LogP contribution in [0.25, 0.3) is 22.6 Å². The number of imidazole rings is 1. The molecule has 100 valence electrons. The van der Waals surface area contributed by atoms with Crippen molar-refractivity contribution in [2.45, 2.75) is 12.8 Å². The molecule has 0 saturated carbocycles. The van der Waals surface area contributed by atoms with Crippen molar-refractivity contribution in [2.75, 3.05) is 18.5 Å². The lowest BCUT2D eigenvalue weighted by molar-refractivity contribution is 0.744. The lowest BCUT2D eigenvalue weighted by Crippen LogP contribution is -2.24. The first-order valence-electron chi connectivity index (χ1n) is 6.96. The fourth-order valence-electron chi connectivity index (χ4n) is 2.91. The zero-order valence-electron chi connectivity index (χ0n) is 11.4. The van der Waals surface area contributed by atoms with Crippen molar-refractivity contribution in [3.05, 3.63) is 42.1 Å². The minimum atomic E-state index is 0.775. The maximum absolute atomic E-state index is 4.57. The second-order valence-electron chi connectivity index (χ2n) is 5.33. The van der Waals surface area contributed by atoms with Crippen LogP contribution in [0.3, 0.4) is 0 Å². The van der Waals surface area contributed by atoms with Gasteiger partial charge in [-0.05, 0) is 48.7 Å². The predicted octanol–water partition coefficient (Wildman–Crippen LogP) is 3.01. The minimum Gasteiger partial charge on any atom is -0.374 e. The Labute approximate surface area is 117 Å². The van der Waals surface area contributed by atoms with Crippen molar-refractivity contribution >= 4 is 16.9 Å². The van der Waals surface area contributed by atoms with Gasteiger partial charge in [0.2, 0.25) is 0 Å². The largest absolute Gasteiger partial charge is 0.374 e.